The van der Waals surface area contributed by atoms with Gasteiger partial charge in [-0.05, 0) is 26.7 Å². The zero-order valence-electron chi connectivity index (χ0n) is 12.5. The molecule has 2 N–H and O–H groups in total. The Kier molecular flexibility index (Phi) is 5.78. The third-order valence-corrected chi connectivity index (χ3v) is 4.53. The second-order valence-electron chi connectivity index (χ2n) is 5.65. The van der Waals surface area contributed by atoms with Crippen LogP contribution in [-0.2, 0) is 9.59 Å². The van der Waals surface area contributed by atoms with Gasteiger partial charge in [0, 0.05) is 18.2 Å². The number of rotatable bonds is 4. The topological polar surface area (TPSA) is 82.9 Å². The van der Waals surface area contributed by atoms with E-state index in [4.69, 9.17) is 0 Å². The summed E-state index contributed by atoms with van der Waals surface area (Å²) >= 11 is 1.27. The summed E-state index contributed by atoms with van der Waals surface area (Å²) in [5.74, 6) is -0.215. The molecule has 0 radical (unpaired) electrons. The molecule has 1 atom stereocenters. The Bertz CT molecular complexity index is 466. The highest BCUT2D eigenvalue weighted by Crippen LogP contribution is 2.23. The Morgan fingerprint density at radius 2 is 2.05 bits per heavy atom. The van der Waals surface area contributed by atoms with Crippen LogP contribution in [0.1, 0.15) is 52.4 Å². The molecule has 2 fully saturated rings. The molecule has 1 aliphatic carbocycles. The molecule has 1 saturated carbocycles. The number of thioether (sulfide) groups is 1. The van der Waals surface area contributed by atoms with Crippen molar-refractivity contribution in [3.8, 4) is 0 Å². The lowest BCUT2D eigenvalue weighted by atomic mass is 9.95. The minimum atomic E-state index is -0.403. The molecule has 2 amide bonds. The molecule has 6 nitrogen and oxygen atoms in total. The summed E-state index contributed by atoms with van der Waals surface area (Å²) in [6, 6.07) is 0.279. The van der Waals surface area contributed by atoms with E-state index in [1.54, 1.807) is 0 Å². The van der Waals surface area contributed by atoms with Crippen molar-refractivity contribution < 1.29 is 9.59 Å². The Morgan fingerprint density at radius 3 is 2.71 bits per heavy atom. The summed E-state index contributed by atoms with van der Waals surface area (Å²) in [5.41, 5.74) is 0.816. The molecular weight excluding hydrogens is 288 g/mol. The molecule has 0 aromatic rings. The van der Waals surface area contributed by atoms with Gasteiger partial charge < -0.3 is 10.6 Å². The van der Waals surface area contributed by atoms with E-state index in [9.17, 15) is 9.59 Å². The van der Waals surface area contributed by atoms with Crippen molar-refractivity contribution in [3.05, 3.63) is 0 Å². The van der Waals surface area contributed by atoms with Gasteiger partial charge in [0.1, 0.15) is 5.25 Å². The first-order valence-corrected chi connectivity index (χ1v) is 8.28. The number of hydrogen-bond acceptors (Lipinski definition) is 5. The number of carbonyl (C=O) groups excluding carboxylic acids is 2. The van der Waals surface area contributed by atoms with Crippen LogP contribution >= 0.6 is 11.8 Å². The maximum atomic E-state index is 12.0. The smallest absolute Gasteiger partial charge is 0.240 e. The predicted octanol–water partition coefficient (Wildman–Crippen LogP) is 1.81. The van der Waals surface area contributed by atoms with Crippen LogP contribution in [0.25, 0.3) is 0 Å². The zero-order valence-corrected chi connectivity index (χ0v) is 13.3. The van der Waals surface area contributed by atoms with E-state index in [2.05, 4.69) is 20.8 Å². The third kappa shape index (κ3) is 5.15. The number of amidine groups is 1. The maximum Gasteiger partial charge on any atom is 0.240 e. The summed E-state index contributed by atoms with van der Waals surface area (Å²) in [7, 11) is 0. The third-order valence-electron chi connectivity index (χ3n) is 3.46. The van der Waals surface area contributed by atoms with Gasteiger partial charge in [-0.15, -0.1) is 5.10 Å². The van der Waals surface area contributed by atoms with E-state index in [0.717, 1.165) is 18.6 Å². The second kappa shape index (κ2) is 7.59. The molecule has 0 aromatic carbocycles. The standard InChI is InChI=1S/C14H22N4O2S/c1-9(2)17-18-14-16-13(20)11(21-14)8-12(19)15-10-6-4-3-5-7-10/h10-11H,3-8H2,1-2H3,(H,15,19)(H,16,18,20). The molecule has 2 rings (SSSR count). The Balaban J connectivity index is 1.82. The molecule has 1 heterocycles. The minimum absolute atomic E-state index is 0.0500. The minimum Gasteiger partial charge on any atom is -0.353 e. The molecule has 0 aromatic heterocycles. The highest BCUT2D eigenvalue weighted by atomic mass is 32.2. The van der Waals surface area contributed by atoms with Crippen molar-refractivity contribution >= 4 is 34.5 Å². The van der Waals surface area contributed by atoms with Crippen LogP contribution in [0.3, 0.4) is 0 Å². The van der Waals surface area contributed by atoms with Gasteiger partial charge in [0.15, 0.2) is 5.17 Å². The van der Waals surface area contributed by atoms with E-state index in [1.165, 1.54) is 31.0 Å². The summed E-state index contributed by atoms with van der Waals surface area (Å²) in [4.78, 5) is 23.8. The molecular formula is C14H22N4O2S. The van der Waals surface area contributed by atoms with E-state index in [1.807, 2.05) is 13.8 Å². The number of carbonyl (C=O) groups is 2. The van der Waals surface area contributed by atoms with Gasteiger partial charge in [-0.3, -0.25) is 9.59 Å². The predicted molar refractivity (Wildman–Crippen MR) is 85.4 cm³/mol. The molecule has 1 aliphatic heterocycles. The summed E-state index contributed by atoms with van der Waals surface area (Å²) in [6.45, 7) is 3.67. The zero-order chi connectivity index (χ0) is 15.2. The summed E-state index contributed by atoms with van der Waals surface area (Å²) < 4.78 is 0. The van der Waals surface area contributed by atoms with Crippen LogP contribution in [0.15, 0.2) is 10.2 Å². The lowest BCUT2D eigenvalue weighted by Gasteiger charge is -2.23. The molecule has 116 valence electrons. The normalized spacial score (nSPS) is 24.8. The van der Waals surface area contributed by atoms with Crippen LogP contribution in [0.5, 0.6) is 0 Å². The lowest BCUT2D eigenvalue weighted by Crippen LogP contribution is -2.38. The van der Waals surface area contributed by atoms with Gasteiger partial charge in [-0.1, -0.05) is 31.0 Å². The van der Waals surface area contributed by atoms with Crippen LogP contribution in [0.4, 0.5) is 0 Å². The fourth-order valence-corrected chi connectivity index (χ4v) is 3.35. The first-order chi connectivity index (χ1) is 10.0. The van der Waals surface area contributed by atoms with Crippen LogP contribution in [0.2, 0.25) is 0 Å². The summed E-state index contributed by atoms with van der Waals surface area (Å²) in [6.07, 6.45) is 5.90. The molecule has 0 bridgehead atoms. The van der Waals surface area contributed by atoms with Crippen molar-refractivity contribution in [2.75, 3.05) is 0 Å². The van der Waals surface area contributed by atoms with E-state index in [0.29, 0.717) is 5.17 Å². The number of nitrogens with one attached hydrogen (secondary N) is 2. The Hall–Kier alpha value is -1.37. The van der Waals surface area contributed by atoms with Crippen molar-refractivity contribution in [1.82, 2.24) is 10.6 Å². The largest absolute Gasteiger partial charge is 0.353 e. The van der Waals surface area contributed by atoms with Gasteiger partial charge in [0.05, 0.1) is 0 Å². The molecule has 1 unspecified atom stereocenters. The fourth-order valence-electron chi connectivity index (χ4n) is 2.43. The van der Waals surface area contributed by atoms with Crippen LogP contribution in [0, 0.1) is 0 Å². The summed E-state index contributed by atoms with van der Waals surface area (Å²) in [5, 5.41) is 13.6. The molecule has 0 spiro atoms. The second-order valence-corrected chi connectivity index (χ2v) is 6.85. The van der Waals surface area contributed by atoms with Crippen molar-refractivity contribution in [2.45, 2.75) is 63.7 Å². The number of nitrogens with zero attached hydrogens (tertiary/aromatic N) is 2. The van der Waals surface area contributed by atoms with Gasteiger partial charge in [0.25, 0.3) is 0 Å². The number of hydrogen-bond donors (Lipinski definition) is 2. The fraction of sp³-hybridized carbons (Fsp3) is 0.714. The van der Waals surface area contributed by atoms with E-state index in [-0.39, 0.29) is 24.3 Å². The highest BCUT2D eigenvalue weighted by molar-refractivity contribution is 8.15. The van der Waals surface area contributed by atoms with Crippen LogP contribution < -0.4 is 10.6 Å². The van der Waals surface area contributed by atoms with Crippen molar-refractivity contribution in [3.63, 3.8) is 0 Å². The molecule has 21 heavy (non-hydrogen) atoms. The lowest BCUT2D eigenvalue weighted by molar-refractivity contribution is -0.125. The first-order valence-electron chi connectivity index (χ1n) is 7.40. The van der Waals surface area contributed by atoms with Crippen molar-refractivity contribution in [2.24, 2.45) is 10.2 Å². The highest BCUT2D eigenvalue weighted by Gasteiger charge is 2.32. The first kappa shape index (κ1) is 16.0. The van der Waals surface area contributed by atoms with E-state index < -0.39 is 5.25 Å². The van der Waals surface area contributed by atoms with Gasteiger partial charge >= 0.3 is 0 Å². The maximum absolute atomic E-state index is 12.0. The average Bonchev–Trinajstić information content (AvgIpc) is 2.78. The molecule has 1 saturated heterocycles. The van der Waals surface area contributed by atoms with Crippen molar-refractivity contribution in [1.29, 1.82) is 0 Å². The number of amides is 2. The van der Waals surface area contributed by atoms with Gasteiger partial charge in [-0.2, -0.15) is 5.10 Å². The molecule has 7 heteroatoms. The van der Waals surface area contributed by atoms with Crippen LogP contribution in [-0.4, -0.2) is 34.0 Å². The van der Waals surface area contributed by atoms with E-state index >= 15 is 0 Å². The van der Waals surface area contributed by atoms with Gasteiger partial charge in [0.2, 0.25) is 11.8 Å². The van der Waals surface area contributed by atoms with Gasteiger partial charge in [-0.25, -0.2) is 0 Å². The quantitative estimate of drug-likeness (QED) is 0.613. The molecule has 2 aliphatic rings. The SMILES string of the molecule is CC(C)=N/N=C1\NC(=O)C(CC(=O)NC2CCCCC2)S1. The Labute approximate surface area is 129 Å². The monoisotopic (exact) mass is 310 g/mol. The Morgan fingerprint density at radius 1 is 1.33 bits per heavy atom. The average molecular weight is 310 g/mol.